The molecule has 0 saturated heterocycles. The summed E-state index contributed by atoms with van der Waals surface area (Å²) in [7, 11) is 0. The summed E-state index contributed by atoms with van der Waals surface area (Å²) in [5.74, 6) is 0.292. The fraction of sp³-hybridized carbons (Fsp3) is 0.417. The summed E-state index contributed by atoms with van der Waals surface area (Å²) in [4.78, 5) is 28.2. The second-order valence-corrected chi connectivity index (χ2v) is 9.44. The Morgan fingerprint density at radius 1 is 1.10 bits per heavy atom. The van der Waals surface area contributed by atoms with Crippen molar-refractivity contribution in [1.82, 2.24) is 10.2 Å². The molecule has 2 aromatic carbocycles. The van der Waals surface area contributed by atoms with E-state index in [2.05, 4.69) is 5.32 Å². The van der Waals surface area contributed by atoms with Gasteiger partial charge in [-0.05, 0) is 55.3 Å². The van der Waals surface area contributed by atoms with Crippen LogP contribution >= 0.6 is 23.4 Å². The largest absolute Gasteiger partial charge is 0.354 e. The van der Waals surface area contributed by atoms with Crippen LogP contribution in [0.3, 0.4) is 0 Å². The van der Waals surface area contributed by atoms with Crippen LogP contribution in [0.15, 0.2) is 53.4 Å². The van der Waals surface area contributed by atoms with E-state index < -0.39 is 6.04 Å². The molecule has 0 aliphatic heterocycles. The average molecular weight is 465 g/mol. The second kappa shape index (κ2) is 12.7. The first-order chi connectivity index (χ1) is 14.8. The van der Waals surface area contributed by atoms with Crippen molar-refractivity contribution in [2.75, 3.05) is 12.3 Å². The predicted octanol–water partition coefficient (Wildman–Crippen LogP) is 5.54. The van der Waals surface area contributed by atoms with Gasteiger partial charge in [0.15, 0.2) is 0 Å². The highest BCUT2D eigenvalue weighted by Gasteiger charge is 2.26. The van der Waals surface area contributed by atoms with Crippen LogP contribution in [0.4, 0.5) is 4.39 Å². The lowest BCUT2D eigenvalue weighted by Crippen LogP contribution is -2.48. The molecular formula is C24H30ClFN2O2S. The van der Waals surface area contributed by atoms with Gasteiger partial charge >= 0.3 is 0 Å². The van der Waals surface area contributed by atoms with Crippen molar-refractivity contribution in [2.24, 2.45) is 5.92 Å². The quantitative estimate of drug-likeness (QED) is 0.351. The summed E-state index contributed by atoms with van der Waals surface area (Å²) in [5.41, 5.74) is 0.398. The summed E-state index contributed by atoms with van der Waals surface area (Å²) < 4.78 is 14.2. The van der Waals surface area contributed by atoms with E-state index in [1.54, 1.807) is 36.9 Å². The highest BCUT2D eigenvalue weighted by atomic mass is 35.5. The molecule has 0 bridgehead atoms. The molecule has 7 heteroatoms. The van der Waals surface area contributed by atoms with Crippen LogP contribution in [0.1, 0.15) is 39.2 Å². The van der Waals surface area contributed by atoms with Crippen LogP contribution in [-0.4, -0.2) is 35.1 Å². The Hall–Kier alpha value is -2.05. The molecular weight excluding hydrogens is 435 g/mol. The SMILES string of the molecule is CC(C)CNC(=O)[C@H](C)N(Cc1ccccc1F)C(=O)CCCSc1ccc(Cl)cc1. The smallest absolute Gasteiger partial charge is 0.242 e. The van der Waals surface area contributed by atoms with E-state index >= 15 is 0 Å². The average Bonchev–Trinajstić information content (AvgIpc) is 2.75. The van der Waals surface area contributed by atoms with Gasteiger partial charge < -0.3 is 10.2 Å². The molecule has 2 rings (SSSR count). The maximum atomic E-state index is 14.2. The lowest BCUT2D eigenvalue weighted by atomic mass is 10.1. The lowest BCUT2D eigenvalue weighted by molar-refractivity contribution is -0.140. The topological polar surface area (TPSA) is 49.4 Å². The molecule has 4 nitrogen and oxygen atoms in total. The van der Waals surface area contributed by atoms with E-state index in [0.29, 0.717) is 29.5 Å². The van der Waals surface area contributed by atoms with Gasteiger partial charge in [0, 0.05) is 35.0 Å². The number of carbonyl (C=O) groups excluding carboxylic acids is 2. The van der Waals surface area contributed by atoms with E-state index in [-0.39, 0.29) is 30.6 Å². The van der Waals surface area contributed by atoms with Crippen molar-refractivity contribution < 1.29 is 14.0 Å². The first kappa shape index (κ1) is 25.2. The molecule has 31 heavy (non-hydrogen) atoms. The summed E-state index contributed by atoms with van der Waals surface area (Å²) in [6, 6.07) is 13.2. The first-order valence-corrected chi connectivity index (χ1v) is 11.8. The van der Waals surface area contributed by atoms with Gasteiger partial charge in [-0.1, -0.05) is 43.6 Å². The zero-order valence-corrected chi connectivity index (χ0v) is 19.8. The molecule has 0 saturated carbocycles. The summed E-state index contributed by atoms with van der Waals surface area (Å²) in [5, 5.41) is 3.56. The number of carbonyl (C=O) groups is 2. The van der Waals surface area contributed by atoms with E-state index in [9.17, 15) is 14.0 Å². The third-order valence-corrected chi connectivity index (χ3v) is 6.12. The molecule has 0 aliphatic rings. The minimum atomic E-state index is -0.685. The molecule has 1 atom stereocenters. The monoisotopic (exact) mass is 464 g/mol. The van der Waals surface area contributed by atoms with Gasteiger partial charge in [-0.2, -0.15) is 0 Å². The number of thioether (sulfide) groups is 1. The predicted molar refractivity (Wildman–Crippen MR) is 126 cm³/mol. The van der Waals surface area contributed by atoms with Crippen molar-refractivity contribution >= 4 is 35.2 Å². The highest BCUT2D eigenvalue weighted by molar-refractivity contribution is 7.99. The van der Waals surface area contributed by atoms with E-state index in [1.165, 1.54) is 11.0 Å². The summed E-state index contributed by atoms with van der Waals surface area (Å²) in [6.07, 6.45) is 0.942. The van der Waals surface area contributed by atoms with Gasteiger partial charge in [-0.3, -0.25) is 9.59 Å². The fourth-order valence-electron chi connectivity index (χ4n) is 2.93. The molecule has 0 aromatic heterocycles. The third-order valence-electron chi connectivity index (χ3n) is 4.77. The fourth-order valence-corrected chi connectivity index (χ4v) is 3.91. The number of nitrogens with zero attached hydrogens (tertiary/aromatic N) is 1. The van der Waals surface area contributed by atoms with Gasteiger partial charge in [0.25, 0.3) is 0 Å². The third kappa shape index (κ3) is 8.54. The van der Waals surface area contributed by atoms with Gasteiger partial charge in [0.05, 0.1) is 0 Å². The number of hydrogen-bond donors (Lipinski definition) is 1. The van der Waals surface area contributed by atoms with Gasteiger partial charge in [-0.15, -0.1) is 11.8 Å². The van der Waals surface area contributed by atoms with Gasteiger partial charge in [0.2, 0.25) is 11.8 Å². The lowest BCUT2D eigenvalue weighted by Gasteiger charge is -2.29. The van der Waals surface area contributed by atoms with E-state index in [0.717, 1.165) is 10.6 Å². The number of benzene rings is 2. The molecule has 0 radical (unpaired) electrons. The molecule has 0 aliphatic carbocycles. The minimum absolute atomic E-state index is 0.0616. The van der Waals surface area contributed by atoms with Crippen molar-refractivity contribution in [1.29, 1.82) is 0 Å². The van der Waals surface area contributed by atoms with Crippen LogP contribution in [-0.2, 0) is 16.1 Å². The van der Waals surface area contributed by atoms with Crippen LogP contribution in [0.25, 0.3) is 0 Å². The van der Waals surface area contributed by atoms with Gasteiger partial charge in [-0.25, -0.2) is 4.39 Å². The van der Waals surface area contributed by atoms with Gasteiger partial charge in [0.1, 0.15) is 11.9 Å². The van der Waals surface area contributed by atoms with Crippen molar-refractivity contribution in [2.45, 2.75) is 51.1 Å². The Morgan fingerprint density at radius 2 is 1.77 bits per heavy atom. The first-order valence-electron chi connectivity index (χ1n) is 10.5. The molecule has 168 valence electrons. The molecule has 2 amide bonds. The number of amides is 2. The Kier molecular flexibility index (Phi) is 10.3. The summed E-state index contributed by atoms with van der Waals surface area (Å²) >= 11 is 7.55. The molecule has 0 unspecified atom stereocenters. The van der Waals surface area contributed by atoms with Crippen LogP contribution < -0.4 is 5.32 Å². The van der Waals surface area contributed by atoms with Crippen LogP contribution in [0.5, 0.6) is 0 Å². The Labute approximate surface area is 193 Å². The Bertz CT molecular complexity index is 861. The zero-order chi connectivity index (χ0) is 22.8. The zero-order valence-electron chi connectivity index (χ0n) is 18.2. The van der Waals surface area contributed by atoms with Crippen molar-refractivity contribution in [3.63, 3.8) is 0 Å². The Morgan fingerprint density at radius 3 is 2.42 bits per heavy atom. The molecule has 2 aromatic rings. The normalized spacial score (nSPS) is 11.9. The van der Waals surface area contributed by atoms with Crippen LogP contribution in [0.2, 0.25) is 5.02 Å². The number of rotatable bonds is 11. The standard InChI is InChI=1S/C24H30ClFN2O2S/c1-17(2)15-27-24(30)18(3)28(16-19-7-4-5-8-22(19)26)23(29)9-6-14-31-21-12-10-20(25)11-13-21/h4-5,7-8,10-13,17-18H,6,9,14-16H2,1-3H3,(H,27,30)/t18-/m0/s1. The molecule has 0 fully saturated rings. The molecule has 0 spiro atoms. The number of nitrogens with one attached hydrogen (secondary N) is 1. The highest BCUT2D eigenvalue weighted by Crippen LogP contribution is 2.22. The summed E-state index contributed by atoms with van der Waals surface area (Å²) in [6.45, 7) is 6.29. The maximum Gasteiger partial charge on any atom is 0.242 e. The molecule has 0 heterocycles. The van der Waals surface area contributed by atoms with E-state index in [4.69, 9.17) is 11.6 Å². The number of halogens is 2. The maximum absolute atomic E-state index is 14.2. The minimum Gasteiger partial charge on any atom is -0.354 e. The number of hydrogen-bond acceptors (Lipinski definition) is 3. The second-order valence-electron chi connectivity index (χ2n) is 7.83. The molecule has 1 N–H and O–H groups in total. The van der Waals surface area contributed by atoms with Crippen molar-refractivity contribution in [3.05, 3.63) is 64.9 Å². The Balaban J connectivity index is 2.00. The van der Waals surface area contributed by atoms with Crippen LogP contribution in [0, 0.1) is 11.7 Å². The van der Waals surface area contributed by atoms with Crippen molar-refractivity contribution in [3.8, 4) is 0 Å². The van der Waals surface area contributed by atoms with E-state index in [1.807, 2.05) is 38.1 Å².